The second-order valence-electron chi connectivity index (χ2n) is 6.37. The maximum atomic E-state index is 14.0. The molecule has 0 saturated heterocycles. The molecule has 2 N–H and O–H groups in total. The van der Waals surface area contributed by atoms with Crippen LogP contribution in [0.25, 0.3) is 11.2 Å². The molecule has 6 nitrogen and oxygen atoms in total. The fourth-order valence-electron chi connectivity index (χ4n) is 2.56. The van der Waals surface area contributed by atoms with Crippen LogP contribution in [0.2, 0.25) is 0 Å². The van der Waals surface area contributed by atoms with Gasteiger partial charge in [0, 0.05) is 13.1 Å². The SMILES string of the molecule is C.CCCNc1ncc2nc(Nc3ccccc3F)n(CC(C)C)c2n1. The van der Waals surface area contributed by atoms with Gasteiger partial charge in [0.15, 0.2) is 5.65 Å². The van der Waals surface area contributed by atoms with Gasteiger partial charge in [0.2, 0.25) is 11.9 Å². The lowest BCUT2D eigenvalue weighted by Crippen LogP contribution is -2.10. The Morgan fingerprint density at radius 1 is 1.19 bits per heavy atom. The number of halogens is 1. The molecule has 0 unspecified atom stereocenters. The van der Waals surface area contributed by atoms with Crippen molar-refractivity contribution in [3.63, 3.8) is 0 Å². The van der Waals surface area contributed by atoms with Crippen LogP contribution in [0.15, 0.2) is 30.5 Å². The molecular weight excluding hydrogens is 331 g/mol. The summed E-state index contributed by atoms with van der Waals surface area (Å²) in [7, 11) is 0. The fraction of sp³-hybridized carbons (Fsp3) is 0.421. The summed E-state index contributed by atoms with van der Waals surface area (Å²) in [6.45, 7) is 7.86. The molecular formula is C19H27FN6. The van der Waals surface area contributed by atoms with E-state index in [1.54, 1.807) is 24.4 Å². The Labute approximate surface area is 153 Å². The van der Waals surface area contributed by atoms with Gasteiger partial charge in [-0.1, -0.05) is 40.3 Å². The Morgan fingerprint density at radius 3 is 2.65 bits per heavy atom. The highest BCUT2D eigenvalue weighted by Gasteiger charge is 2.15. The number of rotatable bonds is 7. The highest BCUT2D eigenvalue weighted by atomic mass is 19.1. The minimum Gasteiger partial charge on any atom is -0.354 e. The minimum atomic E-state index is -0.318. The molecule has 3 aromatic rings. The number of nitrogens with zero attached hydrogens (tertiary/aromatic N) is 4. The van der Waals surface area contributed by atoms with E-state index in [1.165, 1.54) is 6.07 Å². The number of benzene rings is 1. The van der Waals surface area contributed by atoms with Crippen molar-refractivity contribution in [2.24, 2.45) is 5.92 Å². The van der Waals surface area contributed by atoms with Gasteiger partial charge in [-0.15, -0.1) is 0 Å². The van der Waals surface area contributed by atoms with E-state index in [4.69, 9.17) is 0 Å². The molecule has 1 aromatic carbocycles. The van der Waals surface area contributed by atoms with Crippen LogP contribution in [-0.2, 0) is 6.54 Å². The van der Waals surface area contributed by atoms with Gasteiger partial charge in [-0.3, -0.25) is 4.57 Å². The standard InChI is InChI=1S/C18H23FN6.CH4/c1-4-9-20-17-21-10-15-16(24-17)25(11-12(2)3)18(23-15)22-14-8-6-5-7-13(14)19;/h5-8,10,12H,4,9,11H2,1-3H3,(H,22,23)(H,20,21,24);1H4. The van der Waals surface area contributed by atoms with E-state index in [0.717, 1.165) is 25.2 Å². The van der Waals surface area contributed by atoms with E-state index >= 15 is 0 Å². The Balaban J connectivity index is 0.00000243. The first kappa shape index (κ1) is 19.6. The van der Waals surface area contributed by atoms with E-state index in [0.29, 0.717) is 29.0 Å². The van der Waals surface area contributed by atoms with Crippen molar-refractivity contribution in [2.45, 2.75) is 41.2 Å². The van der Waals surface area contributed by atoms with Crippen molar-refractivity contribution in [1.82, 2.24) is 19.5 Å². The van der Waals surface area contributed by atoms with Gasteiger partial charge in [0.1, 0.15) is 11.3 Å². The molecule has 0 aliphatic rings. The second-order valence-corrected chi connectivity index (χ2v) is 6.37. The number of para-hydroxylation sites is 1. The van der Waals surface area contributed by atoms with Gasteiger partial charge in [0.25, 0.3) is 0 Å². The van der Waals surface area contributed by atoms with Gasteiger partial charge < -0.3 is 10.6 Å². The zero-order chi connectivity index (χ0) is 17.8. The largest absolute Gasteiger partial charge is 0.354 e. The number of fused-ring (bicyclic) bond motifs is 1. The van der Waals surface area contributed by atoms with Gasteiger partial charge in [-0.2, -0.15) is 4.98 Å². The van der Waals surface area contributed by atoms with Crippen LogP contribution in [0.1, 0.15) is 34.6 Å². The van der Waals surface area contributed by atoms with E-state index in [1.807, 2.05) is 4.57 Å². The van der Waals surface area contributed by atoms with Crippen LogP contribution in [0.5, 0.6) is 0 Å². The predicted molar refractivity (Wildman–Crippen MR) is 105 cm³/mol. The quantitative estimate of drug-likeness (QED) is 0.633. The molecule has 7 heteroatoms. The third kappa shape index (κ3) is 4.28. The molecule has 2 heterocycles. The van der Waals surface area contributed by atoms with Crippen LogP contribution in [0, 0.1) is 11.7 Å². The molecule has 0 spiro atoms. The van der Waals surface area contributed by atoms with Crippen LogP contribution in [0.4, 0.5) is 22.0 Å². The molecule has 0 fully saturated rings. The average molecular weight is 358 g/mol. The van der Waals surface area contributed by atoms with Crippen molar-refractivity contribution < 1.29 is 4.39 Å². The lowest BCUT2D eigenvalue weighted by Gasteiger charge is -2.13. The number of anilines is 3. The maximum absolute atomic E-state index is 14.0. The number of nitrogens with one attached hydrogen (secondary N) is 2. The summed E-state index contributed by atoms with van der Waals surface area (Å²) >= 11 is 0. The first-order valence-corrected chi connectivity index (χ1v) is 8.57. The number of hydrogen-bond donors (Lipinski definition) is 2. The predicted octanol–water partition coefficient (Wildman–Crippen LogP) is 4.82. The lowest BCUT2D eigenvalue weighted by atomic mass is 10.2. The monoisotopic (exact) mass is 358 g/mol. The molecule has 0 radical (unpaired) electrons. The van der Waals surface area contributed by atoms with Gasteiger partial charge in [0.05, 0.1) is 11.9 Å². The summed E-state index contributed by atoms with van der Waals surface area (Å²) in [5, 5.41) is 6.28. The molecule has 2 aromatic heterocycles. The van der Waals surface area contributed by atoms with Crippen molar-refractivity contribution in [3.05, 3.63) is 36.3 Å². The Bertz CT molecular complexity index is 858. The fourth-order valence-corrected chi connectivity index (χ4v) is 2.56. The molecule has 0 bridgehead atoms. The normalized spacial score (nSPS) is 10.8. The van der Waals surface area contributed by atoms with Gasteiger partial charge in [-0.25, -0.2) is 14.4 Å². The molecule has 3 rings (SSSR count). The highest BCUT2D eigenvalue weighted by molar-refractivity contribution is 5.76. The van der Waals surface area contributed by atoms with Crippen molar-refractivity contribution in [1.29, 1.82) is 0 Å². The Hall–Kier alpha value is -2.70. The van der Waals surface area contributed by atoms with Crippen LogP contribution >= 0.6 is 0 Å². The number of hydrogen-bond acceptors (Lipinski definition) is 5. The van der Waals surface area contributed by atoms with Gasteiger partial charge in [-0.05, 0) is 24.5 Å². The molecule has 0 aliphatic heterocycles. The third-order valence-corrected chi connectivity index (χ3v) is 3.69. The van der Waals surface area contributed by atoms with Crippen LogP contribution in [0.3, 0.4) is 0 Å². The minimum absolute atomic E-state index is 0. The van der Waals surface area contributed by atoms with Gasteiger partial charge >= 0.3 is 0 Å². The summed E-state index contributed by atoms with van der Waals surface area (Å²) < 4.78 is 16.0. The topological polar surface area (TPSA) is 67.7 Å². The zero-order valence-corrected chi connectivity index (χ0v) is 14.8. The molecule has 0 amide bonds. The first-order valence-electron chi connectivity index (χ1n) is 8.57. The van der Waals surface area contributed by atoms with Crippen LogP contribution in [-0.4, -0.2) is 26.1 Å². The van der Waals surface area contributed by atoms with E-state index < -0.39 is 0 Å². The average Bonchev–Trinajstić information content (AvgIpc) is 2.91. The van der Waals surface area contributed by atoms with Crippen molar-refractivity contribution >= 4 is 28.7 Å². The van der Waals surface area contributed by atoms with E-state index in [-0.39, 0.29) is 13.2 Å². The zero-order valence-electron chi connectivity index (χ0n) is 14.8. The summed E-state index contributed by atoms with van der Waals surface area (Å²) in [4.78, 5) is 13.5. The smallest absolute Gasteiger partial charge is 0.224 e. The summed E-state index contributed by atoms with van der Waals surface area (Å²) in [6.07, 6.45) is 2.69. The molecule has 140 valence electrons. The molecule has 26 heavy (non-hydrogen) atoms. The number of aromatic nitrogens is 4. The summed E-state index contributed by atoms with van der Waals surface area (Å²) in [6, 6.07) is 6.56. The summed E-state index contributed by atoms with van der Waals surface area (Å²) in [5.74, 6) is 1.22. The number of imidazole rings is 1. The summed E-state index contributed by atoms with van der Waals surface area (Å²) in [5.41, 5.74) is 1.81. The van der Waals surface area contributed by atoms with Crippen molar-refractivity contribution in [3.8, 4) is 0 Å². The Kier molecular flexibility index (Phi) is 6.49. The lowest BCUT2D eigenvalue weighted by molar-refractivity contribution is 0.534. The van der Waals surface area contributed by atoms with Crippen molar-refractivity contribution in [2.75, 3.05) is 17.2 Å². The molecule has 0 aliphatic carbocycles. The first-order chi connectivity index (χ1) is 12.1. The molecule has 0 atom stereocenters. The van der Waals surface area contributed by atoms with E-state index in [2.05, 4.69) is 46.4 Å². The van der Waals surface area contributed by atoms with E-state index in [9.17, 15) is 4.39 Å². The third-order valence-electron chi connectivity index (χ3n) is 3.69. The molecule has 0 saturated carbocycles. The maximum Gasteiger partial charge on any atom is 0.224 e. The second kappa shape index (κ2) is 8.60. The van der Waals surface area contributed by atoms with Crippen LogP contribution < -0.4 is 10.6 Å². The Morgan fingerprint density at radius 2 is 1.96 bits per heavy atom. The highest BCUT2D eigenvalue weighted by Crippen LogP contribution is 2.24.